The van der Waals surface area contributed by atoms with E-state index in [2.05, 4.69) is 9.88 Å². The first-order valence-corrected chi connectivity index (χ1v) is 8.18. The number of aryl methyl sites for hydroxylation is 2. The van der Waals surface area contributed by atoms with Crippen molar-refractivity contribution in [3.05, 3.63) is 41.4 Å². The van der Waals surface area contributed by atoms with Crippen molar-refractivity contribution in [1.82, 2.24) is 19.4 Å². The highest BCUT2D eigenvalue weighted by molar-refractivity contribution is 5.84. The van der Waals surface area contributed by atoms with Gasteiger partial charge in [-0.15, -0.1) is 0 Å². The Bertz CT molecular complexity index is 729. The second-order valence-electron chi connectivity index (χ2n) is 6.60. The van der Waals surface area contributed by atoms with Crippen molar-refractivity contribution in [2.75, 3.05) is 19.6 Å². The lowest BCUT2D eigenvalue weighted by Gasteiger charge is -2.38. The molecule has 4 heterocycles. The largest absolute Gasteiger partial charge is 0.465 e. The standard InChI is InChI=1S/C17H22N4O2/c1-12-4-5-13(23-12)8-20-9-14(17(22)21-6-3-7-21)16-15(10-20)18-11-19(16)2/h4-5,11,14H,3,6-10H2,1-2H3/t14-/m1/s1. The van der Waals surface area contributed by atoms with Crippen molar-refractivity contribution in [2.45, 2.75) is 32.4 Å². The van der Waals surface area contributed by atoms with Crippen LogP contribution < -0.4 is 0 Å². The van der Waals surface area contributed by atoms with Gasteiger partial charge in [-0.3, -0.25) is 9.69 Å². The van der Waals surface area contributed by atoms with Crippen LogP contribution in [0.4, 0.5) is 0 Å². The van der Waals surface area contributed by atoms with Crippen LogP contribution in [0, 0.1) is 6.92 Å². The van der Waals surface area contributed by atoms with Crippen molar-refractivity contribution < 1.29 is 9.21 Å². The summed E-state index contributed by atoms with van der Waals surface area (Å²) in [4.78, 5) is 21.6. The predicted octanol–water partition coefficient (Wildman–Crippen LogP) is 1.65. The van der Waals surface area contributed by atoms with Crippen molar-refractivity contribution >= 4 is 5.91 Å². The smallest absolute Gasteiger partial charge is 0.233 e. The number of likely N-dealkylation sites (tertiary alicyclic amines) is 1. The van der Waals surface area contributed by atoms with Gasteiger partial charge in [-0.05, 0) is 25.5 Å². The highest BCUT2D eigenvalue weighted by atomic mass is 16.3. The molecule has 4 rings (SSSR count). The van der Waals surface area contributed by atoms with Crippen molar-refractivity contribution in [2.24, 2.45) is 7.05 Å². The summed E-state index contributed by atoms with van der Waals surface area (Å²) in [6.45, 7) is 5.93. The van der Waals surface area contributed by atoms with E-state index < -0.39 is 0 Å². The maximum absolute atomic E-state index is 12.8. The van der Waals surface area contributed by atoms with Crippen LogP contribution in [0.2, 0.25) is 0 Å². The van der Waals surface area contributed by atoms with Gasteiger partial charge >= 0.3 is 0 Å². The van der Waals surface area contributed by atoms with E-state index in [9.17, 15) is 4.79 Å². The topological polar surface area (TPSA) is 54.5 Å². The van der Waals surface area contributed by atoms with Gasteiger partial charge in [0, 0.05) is 33.2 Å². The average Bonchev–Trinajstić information content (AvgIpc) is 3.03. The van der Waals surface area contributed by atoms with Gasteiger partial charge in [0.2, 0.25) is 5.91 Å². The van der Waals surface area contributed by atoms with Gasteiger partial charge in [0.25, 0.3) is 0 Å². The maximum Gasteiger partial charge on any atom is 0.233 e. The van der Waals surface area contributed by atoms with Crippen molar-refractivity contribution in [3.63, 3.8) is 0 Å². The van der Waals surface area contributed by atoms with Gasteiger partial charge in [0.05, 0.1) is 30.2 Å². The molecule has 0 saturated carbocycles. The quantitative estimate of drug-likeness (QED) is 0.864. The number of furan rings is 1. The van der Waals surface area contributed by atoms with E-state index in [4.69, 9.17) is 4.42 Å². The van der Waals surface area contributed by atoms with Gasteiger partial charge in [-0.1, -0.05) is 0 Å². The molecule has 0 N–H and O–H groups in total. The predicted molar refractivity (Wildman–Crippen MR) is 84.7 cm³/mol. The summed E-state index contributed by atoms with van der Waals surface area (Å²) < 4.78 is 7.70. The van der Waals surface area contributed by atoms with E-state index in [1.54, 1.807) is 0 Å². The SMILES string of the molecule is Cc1ccc(CN2Cc3ncn(C)c3[C@H](C(=O)N3CCC3)C2)o1. The fourth-order valence-electron chi connectivity index (χ4n) is 3.54. The first-order chi connectivity index (χ1) is 11.1. The van der Waals surface area contributed by atoms with E-state index in [-0.39, 0.29) is 11.8 Å². The van der Waals surface area contributed by atoms with E-state index in [1.807, 2.05) is 41.9 Å². The fourth-order valence-corrected chi connectivity index (χ4v) is 3.54. The maximum atomic E-state index is 12.8. The molecule has 0 bridgehead atoms. The van der Waals surface area contributed by atoms with Gasteiger partial charge in [0.1, 0.15) is 11.5 Å². The molecular formula is C17H22N4O2. The molecular weight excluding hydrogens is 292 g/mol. The molecule has 6 heteroatoms. The first kappa shape index (κ1) is 14.5. The lowest BCUT2D eigenvalue weighted by molar-refractivity contribution is -0.137. The molecule has 1 atom stereocenters. The molecule has 6 nitrogen and oxygen atoms in total. The molecule has 1 amide bonds. The number of amides is 1. The Labute approximate surface area is 135 Å². The lowest BCUT2D eigenvalue weighted by atomic mass is 9.95. The van der Waals surface area contributed by atoms with Crippen molar-refractivity contribution in [3.8, 4) is 0 Å². The lowest BCUT2D eigenvalue weighted by Crippen LogP contribution is -2.48. The number of nitrogens with zero attached hydrogens (tertiary/aromatic N) is 4. The van der Waals surface area contributed by atoms with E-state index in [1.165, 1.54) is 0 Å². The van der Waals surface area contributed by atoms with Gasteiger partial charge < -0.3 is 13.9 Å². The third-order valence-corrected chi connectivity index (χ3v) is 4.85. The van der Waals surface area contributed by atoms with Gasteiger partial charge in [-0.2, -0.15) is 0 Å². The molecule has 2 aliphatic rings. The summed E-state index contributed by atoms with van der Waals surface area (Å²) in [5.41, 5.74) is 2.09. The van der Waals surface area contributed by atoms with Gasteiger partial charge in [0.15, 0.2) is 0 Å². The zero-order valence-electron chi connectivity index (χ0n) is 13.7. The van der Waals surface area contributed by atoms with Crippen molar-refractivity contribution in [1.29, 1.82) is 0 Å². The van der Waals surface area contributed by atoms with Gasteiger partial charge in [-0.25, -0.2) is 4.98 Å². The summed E-state index contributed by atoms with van der Waals surface area (Å²) in [6, 6.07) is 3.99. The van der Waals surface area contributed by atoms with E-state index in [0.29, 0.717) is 6.54 Å². The molecule has 0 aliphatic carbocycles. The fraction of sp³-hybridized carbons (Fsp3) is 0.529. The Balaban J connectivity index is 1.59. The van der Waals surface area contributed by atoms with Crippen LogP contribution in [0.1, 0.15) is 35.2 Å². The Kier molecular flexibility index (Phi) is 3.49. The first-order valence-electron chi connectivity index (χ1n) is 8.18. The number of imidazole rings is 1. The third-order valence-electron chi connectivity index (χ3n) is 4.85. The molecule has 0 radical (unpaired) electrons. The Morgan fingerprint density at radius 1 is 1.39 bits per heavy atom. The molecule has 2 aromatic heterocycles. The molecule has 0 aromatic carbocycles. The zero-order chi connectivity index (χ0) is 16.0. The van der Waals surface area contributed by atoms with Crippen LogP contribution in [-0.2, 0) is 24.9 Å². The Morgan fingerprint density at radius 3 is 2.87 bits per heavy atom. The summed E-state index contributed by atoms with van der Waals surface area (Å²) in [6.07, 6.45) is 2.94. The number of carbonyl (C=O) groups is 1. The molecule has 0 spiro atoms. The number of hydrogen-bond acceptors (Lipinski definition) is 4. The minimum absolute atomic E-state index is 0.123. The Hall–Kier alpha value is -2.08. The molecule has 1 saturated heterocycles. The normalized spacial score (nSPS) is 21.1. The summed E-state index contributed by atoms with van der Waals surface area (Å²) in [5, 5.41) is 0. The number of hydrogen-bond donors (Lipinski definition) is 0. The molecule has 2 aromatic rings. The second kappa shape index (κ2) is 5.53. The third kappa shape index (κ3) is 2.57. The van der Waals surface area contributed by atoms with Crippen LogP contribution in [0.5, 0.6) is 0 Å². The summed E-state index contributed by atoms with van der Waals surface area (Å²) in [7, 11) is 1.98. The van der Waals surface area contributed by atoms with E-state index >= 15 is 0 Å². The zero-order valence-corrected chi connectivity index (χ0v) is 13.7. The molecule has 23 heavy (non-hydrogen) atoms. The number of rotatable bonds is 3. The monoisotopic (exact) mass is 314 g/mol. The average molecular weight is 314 g/mol. The van der Waals surface area contributed by atoms with Crippen LogP contribution in [-0.4, -0.2) is 44.9 Å². The molecule has 122 valence electrons. The van der Waals surface area contributed by atoms with Crippen LogP contribution >= 0.6 is 0 Å². The minimum atomic E-state index is -0.123. The van der Waals surface area contributed by atoms with Crippen LogP contribution in [0.3, 0.4) is 0 Å². The highest BCUT2D eigenvalue weighted by Crippen LogP contribution is 2.31. The molecule has 0 unspecified atom stereocenters. The number of fused-ring (bicyclic) bond motifs is 1. The summed E-state index contributed by atoms with van der Waals surface area (Å²) >= 11 is 0. The highest BCUT2D eigenvalue weighted by Gasteiger charge is 2.37. The van der Waals surface area contributed by atoms with E-state index in [0.717, 1.165) is 55.5 Å². The van der Waals surface area contributed by atoms with Crippen LogP contribution in [0.15, 0.2) is 22.9 Å². The number of aromatic nitrogens is 2. The molecule has 1 fully saturated rings. The molecule has 2 aliphatic heterocycles. The summed E-state index contributed by atoms with van der Waals surface area (Å²) in [5.74, 6) is 1.98. The minimum Gasteiger partial charge on any atom is -0.465 e. The Morgan fingerprint density at radius 2 is 2.22 bits per heavy atom. The number of carbonyl (C=O) groups excluding carboxylic acids is 1. The second-order valence-corrected chi connectivity index (χ2v) is 6.60. The van der Waals surface area contributed by atoms with Crippen LogP contribution in [0.25, 0.3) is 0 Å².